The van der Waals surface area contributed by atoms with Crippen molar-refractivity contribution in [2.24, 2.45) is 4.99 Å². The normalized spacial score (nSPS) is 18.9. The van der Waals surface area contributed by atoms with Gasteiger partial charge in [-0.05, 0) is 30.5 Å². The molecule has 0 aromatic heterocycles. The molecule has 0 spiro atoms. The molecule has 4 nitrogen and oxygen atoms in total. The zero-order valence-electron chi connectivity index (χ0n) is 9.99. The lowest BCUT2D eigenvalue weighted by Crippen LogP contribution is -2.17. The lowest BCUT2D eigenvalue weighted by molar-refractivity contribution is 0.145. The Morgan fingerprint density at radius 3 is 2.37 bits per heavy atom. The molecule has 3 rings (SSSR count). The first-order valence-electron chi connectivity index (χ1n) is 5.97. The molecule has 0 bridgehead atoms. The fraction of sp³-hybridized carbons (Fsp3) is 0.462. The van der Waals surface area contributed by atoms with E-state index in [1.807, 2.05) is 0 Å². The Bertz CT molecular complexity index is 563. The van der Waals surface area contributed by atoms with Crippen LogP contribution in [-0.2, 0) is 10.3 Å². The summed E-state index contributed by atoms with van der Waals surface area (Å²) in [4.78, 5) is 14.2. The van der Waals surface area contributed by atoms with Crippen LogP contribution in [0, 0.1) is 0 Å². The van der Waals surface area contributed by atoms with Crippen LogP contribution in [0.4, 0.5) is 8.78 Å². The second kappa shape index (κ2) is 4.31. The summed E-state index contributed by atoms with van der Waals surface area (Å²) in [7, 11) is 0. The van der Waals surface area contributed by atoms with E-state index >= 15 is 0 Å². The number of alkyl halides is 2. The molecule has 1 saturated carbocycles. The van der Waals surface area contributed by atoms with Crippen LogP contribution in [0.5, 0.6) is 11.5 Å². The average molecular weight is 267 g/mol. The fourth-order valence-electron chi connectivity index (χ4n) is 2.34. The van der Waals surface area contributed by atoms with Gasteiger partial charge in [0.2, 0.25) is 6.08 Å². The van der Waals surface area contributed by atoms with E-state index in [4.69, 9.17) is 9.47 Å². The number of nitrogens with zero attached hydrogens (tertiary/aromatic N) is 1. The standard InChI is InChI=1S/C13H11F2NO3/c14-12(15)8-5-10-11(19-4-3-18-10)6-9(8)13(1-2-13)16-7-17/h5-6,12H,1-4H2. The van der Waals surface area contributed by atoms with E-state index in [1.165, 1.54) is 18.2 Å². The smallest absolute Gasteiger partial charge is 0.264 e. The predicted molar refractivity (Wildman–Crippen MR) is 61.4 cm³/mol. The van der Waals surface area contributed by atoms with E-state index in [0.29, 0.717) is 43.1 Å². The lowest BCUT2D eigenvalue weighted by atomic mass is 9.97. The Labute approximate surface area is 108 Å². The molecular formula is C13H11F2NO3. The zero-order valence-corrected chi connectivity index (χ0v) is 9.99. The Kier molecular flexibility index (Phi) is 2.75. The third kappa shape index (κ3) is 1.98. The second-order valence-electron chi connectivity index (χ2n) is 4.62. The van der Waals surface area contributed by atoms with Crippen LogP contribution in [0.15, 0.2) is 17.1 Å². The van der Waals surface area contributed by atoms with Gasteiger partial charge in [0.25, 0.3) is 6.43 Å². The monoisotopic (exact) mass is 267 g/mol. The van der Waals surface area contributed by atoms with Crippen molar-refractivity contribution in [2.45, 2.75) is 24.8 Å². The summed E-state index contributed by atoms with van der Waals surface area (Å²) in [5.41, 5.74) is -0.653. The molecule has 1 aromatic rings. The van der Waals surface area contributed by atoms with Gasteiger partial charge in [-0.25, -0.2) is 13.6 Å². The number of benzene rings is 1. The van der Waals surface area contributed by atoms with Gasteiger partial charge in [-0.3, -0.25) is 0 Å². The second-order valence-corrected chi connectivity index (χ2v) is 4.62. The third-order valence-corrected chi connectivity index (χ3v) is 3.43. The van der Waals surface area contributed by atoms with Crippen molar-refractivity contribution in [2.75, 3.05) is 13.2 Å². The molecule has 0 amide bonds. The molecule has 19 heavy (non-hydrogen) atoms. The molecule has 1 heterocycles. The molecule has 0 radical (unpaired) electrons. The third-order valence-electron chi connectivity index (χ3n) is 3.43. The highest BCUT2D eigenvalue weighted by atomic mass is 19.3. The van der Waals surface area contributed by atoms with Crippen molar-refractivity contribution in [1.29, 1.82) is 0 Å². The molecule has 6 heteroatoms. The highest BCUT2D eigenvalue weighted by Gasteiger charge is 2.47. The van der Waals surface area contributed by atoms with E-state index in [-0.39, 0.29) is 5.56 Å². The molecule has 0 unspecified atom stereocenters. The Morgan fingerprint density at radius 2 is 1.84 bits per heavy atom. The largest absolute Gasteiger partial charge is 0.486 e. The fourth-order valence-corrected chi connectivity index (χ4v) is 2.34. The Hall–Kier alpha value is -1.94. The number of fused-ring (bicyclic) bond motifs is 1. The van der Waals surface area contributed by atoms with Crippen LogP contribution in [0.25, 0.3) is 0 Å². The maximum atomic E-state index is 13.2. The maximum absolute atomic E-state index is 13.2. The molecule has 100 valence electrons. The molecule has 1 aliphatic heterocycles. The van der Waals surface area contributed by atoms with Crippen molar-refractivity contribution >= 4 is 6.08 Å². The van der Waals surface area contributed by atoms with E-state index in [2.05, 4.69) is 4.99 Å². The highest BCUT2D eigenvalue weighted by molar-refractivity contribution is 5.53. The number of ether oxygens (including phenoxy) is 2. The van der Waals surface area contributed by atoms with Gasteiger partial charge in [0.15, 0.2) is 11.5 Å². The van der Waals surface area contributed by atoms with Crippen LogP contribution in [-0.4, -0.2) is 19.3 Å². The molecule has 1 aliphatic carbocycles. The minimum absolute atomic E-state index is 0.152. The summed E-state index contributed by atoms with van der Waals surface area (Å²) in [6.07, 6.45) is -0.0327. The summed E-state index contributed by atoms with van der Waals surface area (Å²) >= 11 is 0. The van der Waals surface area contributed by atoms with Crippen LogP contribution >= 0.6 is 0 Å². The summed E-state index contributed by atoms with van der Waals surface area (Å²) in [5.74, 6) is 0.745. The summed E-state index contributed by atoms with van der Waals surface area (Å²) in [6.45, 7) is 0.719. The minimum Gasteiger partial charge on any atom is -0.486 e. The number of isocyanates is 1. The van der Waals surface area contributed by atoms with Gasteiger partial charge in [-0.1, -0.05) is 0 Å². The molecule has 0 saturated heterocycles. The van der Waals surface area contributed by atoms with Crippen LogP contribution < -0.4 is 9.47 Å². The maximum Gasteiger partial charge on any atom is 0.264 e. The Balaban J connectivity index is 2.14. The lowest BCUT2D eigenvalue weighted by Gasteiger charge is -2.22. The molecule has 0 atom stereocenters. The number of rotatable bonds is 3. The predicted octanol–water partition coefficient (Wildman–Crippen LogP) is 2.72. The topological polar surface area (TPSA) is 47.9 Å². The van der Waals surface area contributed by atoms with Crippen LogP contribution in [0.2, 0.25) is 0 Å². The van der Waals surface area contributed by atoms with Crippen molar-refractivity contribution in [1.82, 2.24) is 0 Å². The molecule has 1 fully saturated rings. The first kappa shape index (κ1) is 12.1. The van der Waals surface area contributed by atoms with Crippen molar-refractivity contribution in [3.8, 4) is 11.5 Å². The van der Waals surface area contributed by atoms with Crippen LogP contribution in [0.3, 0.4) is 0 Å². The molecule has 0 N–H and O–H groups in total. The van der Waals surface area contributed by atoms with E-state index in [1.54, 1.807) is 0 Å². The molecule has 1 aromatic carbocycles. The summed E-state index contributed by atoms with van der Waals surface area (Å²) < 4.78 is 37.0. The van der Waals surface area contributed by atoms with E-state index in [9.17, 15) is 13.6 Å². The number of carbonyl (C=O) groups excluding carboxylic acids is 1. The van der Waals surface area contributed by atoms with Crippen LogP contribution in [0.1, 0.15) is 30.4 Å². The quantitative estimate of drug-likeness (QED) is 0.625. The number of halogens is 2. The Morgan fingerprint density at radius 1 is 1.21 bits per heavy atom. The summed E-state index contributed by atoms with van der Waals surface area (Å²) in [6, 6.07) is 2.80. The van der Waals surface area contributed by atoms with E-state index < -0.39 is 12.0 Å². The van der Waals surface area contributed by atoms with Gasteiger partial charge in [0.1, 0.15) is 13.2 Å². The average Bonchev–Trinajstić information content (AvgIpc) is 3.18. The van der Waals surface area contributed by atoms with Crippen molar-refractivity contribution in [3.05, 3.63) is 23.3 Å². The number of hydrogen-bond acceptors (Lipinski definition) is 4. The van der Waals surface area contributed by atoms with Crippen molar-refractivity contribution in [3.63, 3.8) is 0 Å². The van der Waals surface area contributed by atoms with Gasteiger partial charge in [0.05, 0.1) is 5.54 Å². The van der Waals surface area contributed by atoms with Crippen molar-refractivity contribution < 1.29 is 23.0 Å². The number of hydrogen-bond donors (Lipinski definition) is 0. The van der Waals surface area contributed by atoms with Gasteiger partial charge in [-0.15, -0.1) is 0 Å². The molecular weight excluding hydrogens is 256 g/mol. The minimum atomic E-state index is -2.65. The first-order chi connectivity index (χ1) is 9.16. The van der Waals surface area contributed by atoms with Gasteiger partial charge < -0.3 is 9.47 Å². The zero-order chi connectivity index (χ0) is 13.5. The first-order valence-corrected chi connectivity index (χ1v) is 5.97. The number of aliphatic imine (C=N–C) groups is 1. The molecule has 2 aliphatic rings. The highest BCUT2D eigenvalue weighted by Crippen LogP contribution is 2.53. The van der Waals surface area contributed by atoms with E-state index in [0.717, 1.165) is 0 Å². The SMILES string of the molecule is O=C=NC1(c2cc3c(cc2C(F)F)OCCO3)CC1. The van der Waals surface area contributed by atoms with Gasteiger partial charge in [-0.2, -0.15) is 4.99 Å². The van der Waals surface area contributed by atoms with Gasteiger partial charge in [0, 0.05) is 5.56 Å². The van der Waals surface area contributed by atoms with Gasteiger partial charge >= 0.3 is 0 Å². The summed E-state index contributed by atoms with van der Waals surface area (Å²) in [5, 5.41) is 0.